The lowest BCUT2D eigenvalue weighted by atomic mass is 9.96. The minimum Gasteiger partial charge on any atom is -0.487 e. The van der Waals surface area contributed by atoms with Crippen LogP contribution in [0, 0.1) is 5.92 Å². The summed E-state index contributed by atoms with van der Waals surface area (Å²) in [7, 11) is 0. The lowest BCUT2D eigenvalue weighted by Gasteiger charge is -2.20. The highest BCUT2D eigenvalue weighted by atomic mass is 16.5. The van der Waals surface area contributed by atoms with Crippen molar-refractivity contribution in [3.05, 3.63) is 12.3 Å². The van der Waals surface area contributed by atoms with Crippen molar-refractivity contribution in [2.45, 2.75) is 31.8 Å². The van der Waals surface area contributed by atoms with Gasteiger partial charge >= 0.3 is 0 Å². The topological polar surface area (TPSA) is 26.3 Å². The largest absolute Gasteiger partial charge is 0.487 e. The molecule has 60 valence electrons. The Kier molecular flexibility index (Phi) is 1.31. The van der Waals surface area contributed by atoms with Gasteiger partial charge in [-0.1, -0.05) is 6.92 Å². The summed E-state index contributed by atoms with van der Waals surface area (Å²) in [5.41, 5.74) is -0.431. The molecule has 0 bridgehead atoms. The van der Waals surface area contributed by atoms with Crippen molar-refractivity contribution < 1.29 is 9.53 Å². The molecule has 2 atom stereocenters. The van der Waals surface area contributed by atoms with E-state index in [-0.39, 0.29) is 5.78 Å². The normalized spacial score (nSPS) is 41.9. The lowest BCUT2D eigenvalue weighted by Crippen LogP contribution is -2.32. The Morgan fingerprint density at radius 2 is 2.55 bits per heavy atom. The molecule has 1 aliphatic carbocycles. The van der Waals surface area contributed by atoms with E-state index in [9.17, 15) is 4.79 Å². The molecule has 1 heterocycles. The SMILES string of the molecule is CC1CCC2(C1)OC=CC2=O. The van der Waals surface area contributed by atoms with Crippen LogP contribution in [-0.2, 0) is 9.53 Å². The van der Waals surface area contributed by atoms with Crippen LogP contribution < -0.4 is 0 Å². The first-order valence-electron chi connectivity index (χ1n) is 4.12. The molecule has 1 saturated carbocycles. The molecule has 2 heteroatoms. The van der Waals surface area contributed by atoms with Gasteiger partial charge in [0.05, 0.1) is 6.26 Å². The van der Waals surface area contributed by atoms with E-state index in [0.717, 1.165) is 19.3 Å². The average Bonchev–Trinajstić information content (AvgIpc) is 2.46. The maximum atomic E-state index is 11.3. The number of ketones is 1. The van der Waals surface area contributed by atoms with E-state index in [2.05, 4.69) is 6.92 Å². The summed E-state index contributed by atoms with van der Waals surface area (Å²) in [6, 6.07) is 0. The zero-order valence-electron chi connectivity index (χ0n) is 6.67. The Balaban J connectivity index is 2.19. The third-order valence-corrected chi connectivity index (χ3v) is 2.68. The second-order valence-electron chi connectivity index (χ2n) is 3.63. The molecule has 11 heavy (non-hydrogen) atoms. The maximum absolute atomic E-state index is 11.3. The fraction of sp³-hybridized carbons (Fsp3) is 0.667. The minimum atomic E-state index is -0.431. The van der Waals surface area contributed by atoms with Crippen LogP contribution in [0.4, 0.5) is 0 Å². The van der Waals surface area contributed by atoms with E-state index in [4.69, 9.17) is 4.74 Å². The number of hydrogen-bond donors (Lipinski definition) is 0. The van der Waals surface area contributed by atoms with Crippen LogP contribution in [0.3, 0.4) is 0 Å². The van der Waals surface area contributed by atoms with Gasteiger partial charge < -0.3 is 4.74 Å². The van der Waals surface area contributed by atoms with Gasteiger partial charge in [0.15, 0.2) is 5.60 Å². The number of hydrogen-bond acceptors (Lipinski definition) is 2. The number of ether oxygens (including phenoxy) is 1. The Hall–Kier alpha value is -0.790. The van der Waals surface area contributed by atoms with Gasteiger partial charge in [-0.15, -0.1) is 0 Å². The third-order valence-electron chi connectivity index (χ3n) is 2.68. The number of rotatable bonds is 0. The Morgan fingerprint density at radius 3 is 3.00 bits per heavy atom. The third kappa shape index (κ3) is 0.889. The molecule has 0 aromatic carbocycles. The van der Waals surface area contributed by atoms with E-state index in [1.165, 1.54) is 0 Å². The molecule has 1 spiro atoms. The van der Waals surface area contributed by atoms with Crippen LogP contribution in [0.25, 0.3) is 0 Å². The molecule has 0 aromatic rings. The monoisotopic (exact) mass is 152 g/mol. The van der Waals surface area contributed by atoms with E-state index in [0.29, 0.717) is 5.92 Å². The summed E-state index contributed by atoms with van der Waals surface area (Å²) in [5.74, 6) is 0.806. The Morgan fingerprint density at radius 1 is 1.73 bits per heavy atom. The van der Waals surface area contributed by atoms with E-state index >= 15 is 0 Å². The molecule has 0 saturated heterocycles. The van der Waals surface area contributed by atoms with E-state index in [1.54, 1.807) is 12.3 Å². The average molecular weight is 152 g/mol. The molecule has 2 aliphatic rings. The lowest BCUT2D eigenvalue weighted by molar-refractivity contribution is -0.128. The summed E-state index contributed by atoms with van der Waals surface area (Å²) in [5, 5.41) is 0. The highest BCUT2D eigenvalue weighted by molar-refractivity contribution is 5.98. The molecule has 0 radical (unpaired) electrons. The Labute approximate surface area is 66.2 Å². The van der Waals surface area contributed by atoms with Gasteiger partial charge in [0.2, 0.25) is 5.78 Å². The minimum absolute atomic E-state index is 0.168. The molecule has 0 aromatic heterocycles. The summed E-state index contributed by atoms with van der Waals surface area (Å²) in [4.78, 5) is 11.3. The van der Waals surface area contributed by atoms with Gasteiger partial charge in [-0.3, -0.25) is 4.79 Å². The smallest absolute Gasteiger partial charge is 0.202 e. The zero-order valence-corrected chi connectivity index (χ0v) is 6.67. The van der Waals surface area contributed by atoms with Crippen molar-refractivity contribution in [1.29, 1.82) is 0 Å². The first-order valence-corrected chi connectivity index (χ1v) is 4.12. The molecule has 1 fully saturated rings. The van der Waals surface area contributed by atoms with Gasteiger partial charge in [-0.25, -0.2) is 0 Å². The summed E-state index contributed by atoms with van der Waals surface area (Å²) >= 11 is 0. The molecular weight excluding hydrogens is 140 g/mol. The number of carbonyl (C=O) groups is 1. The van der Waals surface area contributed by atoms with Gasteiger partial charge in [-0.2, -0.15) is 0 Å². The predicted octanol–water partition coefficient (Wildman–Crippen LogP) is 1.66. The molecular formula is C9H12O2. The van der Waals surface area contributed by atoms with Crippen molar-refractivity contribution in [3.63, 3.8) is 0 Å². The quantitative estimate of drug-likeness (QED) is 0.527. The summed E-state index contributed by atoms with van der Waals surface area (Å²) in [6.45, 7) is 2.17. The molecule has 2 nitrogen and oxygen atoms in total. The van der Waals surface area contributed by atoms with Crippen molar-refractivity contribution in [1.82, 2.24) is 0 Å². The van der Waals surface area contributed by atoms with Crippen LogP contribution in [0.1, 0.15) is 26.2 Å². The fourth-order valence-electron chi connectivity index (χ4n) is 2.01. The summed E-state index contributed by atoms with van der Waals surface area (Å²) < 4.78 is 5.35. The fourth-order valence-corrected chi connectivity index (χ4v) is 2.01. The first-order chi connectivity index (χ1) is 5.23. The van der Waals surface area contributed by atoms with Gasteiger partial charge in [-0.05, 0) is 25.2 Å². The van der Waals surface area contributed by atoms with Crippen molar-refractivity contribution in [2.75, 3.05) is 0 Å². The van der Waals surface area contributed by atoms with Gasteiger partial charge in [0, 0.05) is 6.08 Å². The molecule has 0 N–H and O–H groups in total. The highest BCUT2D eigenvalue weighted by Gasteiger charge is 2.46. The van der Waals surface area contributed by atoms with Crippen LogP contribution in [0.5, 0.6) is 0 Å². The van der Waals surface area contributed by atoms with Crippen molar-refractivity contribution in [2.24, 2.45) is 5.92 Å². The zero-order chi connectivity index (χ0) is 7.90. The van der Waals surface area contributed by atoms with Gasteiger partial charge in [0.25, 0.3) is 0 Å². The summed E-state index contributed by atoms with van der Waals surface area (Å²) in [6.07, 6.45) is 6.02. The Bertz CT molecular complexity index is 220. The molecule has 2 rings (SSSR count). The second-order valence-corrected chi connectivity index (χ2v) is 3.63. The highest BCUT2D eigenvalue weighted by Crippen LogP contribution is 2.40. The molecule has 1 aliphatic heterocycles. The van der Waals surface area contributed by atoms with Gasteiger partial charge in [0.1, 0.15) is 0 Å². The maximum Gasteiger partial charge on any atom is 0.202 e. The van der Waals surface area contributed by atoms with Crippen LogP contribution >= 0.6 is 0 Å². The first kappa shape index (κ1) is 6.89. The molecule has 0 amide bonds. The predicted molar refractivity (Wildman–Crippen MR) is 41.0 cm³/mol. The standard InChI is InChI=1S/C9H12O2/c1-7-2-4-9(6-7)8(10)3-5-11-9/h3,5,7H,2,4,6H2,1H3. The van der Waals surface area contributed by atoms with Crippen LogP contribution in [-0.4, -0.2) is 11.4 Å². The second kappa shape index (κ2) is 2.10. The van der Waals surface area contributed by atoms with Crippen molar-refractivity contribution >= 4 is 5.78 Å². The van der Waals surface area contributed by atoms with Crippen LogP contribution in [0.15, 0.2) is 12.3 Å². The van der Waals surface area contributed by atoms with Crippen molar-refractivity contribution in [3.8, 4) is 0 Å². The van der Waals surface area contributed by atoms with Crippen LogP contribution in [0.2, 0.25) is 0 Å². The number of carbonyl (C=O) groups excluding carboxylic acids is 1. The van der Waals surface area contributed by atoms with E-state index < -0.39 is 5.60 Å². The molecule has 2 unspecified atom stereocenters. The van der Waals surface area contributed by atoms with E-state index in [1.807, 2.05) is 0 Å².